The van der Waals surface area contributed by atoms with Crippen molar-refractivity contribution in [2.75, 3.05) is 0 Å². The molecule has 0 N–H and O–H groups in total. The third-order valence-electron chi connectivity index (χ3n) is 2.30. The van der Waals surface area contributed by atoms with Gasteiger partial charge in [0.2, 0.25) is 6.39 Å². The summed E-state index contributed by atoms with van der Waals surface area (Å²) in [4.78, 5) is 11.5. The number of carbonyl (C=O) groups excluding carboxylic acids is 1. The number of nitriles is 1. The van der Waals surface area contributed by atoms with Crippen molar-refractivity contribution < 1.29 is 9.21 Å². The molecule has 0 saturated heterocycles. The summed E-state index contributed by atoms with van der Waals surface area (Å²) in [5.74, 6) is -0.00790. The maximum absolute atomic E-state index is 11.5. The minimum absolute atomic E-state index is 0.171. The van der Waals surface area contributed by atoms with Gasteiger partial charge in [0, 0.05) is 0 Å². The third-order valence-corrected chi connectivity index (χ3v) is 2.30. The number of nitrogens with zero attached hydrogens (tertiary/aromatic N) is 3. The van der Waals surface area contributed by atoms with Crippen LogP contribution in [0, 0.1) is 11.3 Å². The van der Waals surface area contributed by atoms with Crippen LogP contribution in [0.1, 0.15) is 23.9 Å². The van der Waals surface area contributed by atoms with Gasteiger partial charge < -0.3 is 4.42 Å². The highest BCUT2D eigenvalue weighted by atomic mass is 16.4. The van der Waals surface area contributed by atoms with Crippen LogP contribution in [0.25, 0.3) is 11.6 Å². The smallest absolute Gasteiger partial charge is 0.251 e. The summed E-state index contributed by atoms with van der Waals surface area (Å²) in [7, 11) is 0. The number of Topliss-reactive ketones (excluding diaryl/α,β-unsaturated/α-hetero) is 1. The first kappa shape index (κ1) is 11.7. The molecule has 0 fully saturated rings. The molecule has 2 rings (SSSR count). The molecular formula is C13H9N3O2. The number of hydrogen-bond donors (Lipinski definition) is 0. The monoisotopic (exact) mass is 239 g/mol. The predicted octanol–water partition coefficient (Wildman–Crippen LogP) is 2.07. The van der Waals surface area contributed by atoms with Crippen LogP contribution in [0.2, 0.25) is 0 Å². The molecule has 0 unspecified atom stereocenters. The third kappa shape index (κ3) is 2.50. The molecule has 88 valence electrons. The second-order valence-electron chi connectivity index (χ2n) is 3.60. The van der Waals surface area contributed by atoms with E-state index in [0.717, 1.165) is 12.0 Å². The Bertz CT molecular complexity index is 637. The van der Waals surface area contributed by atoms with E-state index in [1.54, 1.807) is 30.3 Å². The zero-order valence-corrected chi connectivity index (χ0v) is 9.62. The quantitative estimate of drug-likeness (QED) is 0.766. The summed E-state index contributed by atoms with van der Waals surface area (Å²) < 4.78 is 5.01. The molecule has 5 heteroatoms. The summed E-state index contributed by atoms with van der Waals surface area (Å²) in [6.45, 7) is 1.42. The highest BCUT2D eigenvalue weighted by Gasteiger charge is 2.12. The second-order valence-corrected chi connectivity index (χ2v) is 3.60. The lowest BCUT2D eigenvalue weighted by molar-refractivity contribution is -0.111. The van der Waals surface area contributed by atoms with Gasteiger partial charge in [0.05, 0.1) is 17.2 Å². The van der Waals surface area contributed by atoms with Gasteiger partial charge in [-0.2, -0.15) is 5.26 Å². The molecule has 0 bridgehead atoms. The largest absolute Gasteiger partial charge is 0.423 e. The van der Waals surface area contributed by atoms with Crippen molar-refractivity contribution >= 4 is 17.4 Å². The van der Waals surface area contributed by atoms with Gasteiger partial charge in [-0.3, -0.25) is 4.79 Å². The second kappa shape index (κ2) is 5.06. The fraction of sp³-hybridized carbons (Fsp3) is 0.0769. The van der Waals surface area contributed by atoms with Gasteiger partial charge in [0.1, 0.15) is 0 Å². The van der Waals surface area contributed by atoms with Gasteiger partial charge in [-0.25, -0.2) is 0 Å². The molecule has 5 nitrogen and oxygen atoms in total. The molecule has 2 aromatic rings. The van der Waals surface area contributed by atoms with Crippen LogP contribution < -0.4 is 0 Å². The van der Waals surface area contributed by atoms with E-state index in [-0.39, 0.29) is 11.7 Å². The van der Waals surface area contributed by atoms with E-state index in [4.69, 9.17) is 9.68 Å². The summed E-state index contributed by atoms with van der Waals surface area (Å²) in [5.41, 5.74) is 1.58. The molecular weight excluding hydrogens is 230 g/mol. The number of aromatic nitrogens is 2. The molecule has 0 aliphatic rings. The van der Waals surface area contributed by atoms with Crippen LogP contribution in [0.5, 0.6) is 0 Å². The first-order chi connectivity index (χ1) is 8.70. The Morgan fingerprint density at radius 2 is 2.33 bits per heavy atom. The van der Waals surface area contributed by atoms with Crippen LogP contribution in [0.3, 0.4) is 0 Å². The molecule has 0 aliphatic carbocycles. The number of hydrogen-bond acceptors (Lipinski definition) is 5. The molecule has 0 amide bonds. The van der Waals surface area contributed by atoms with E-state index >= 15 is 0 Å². The van der Waals surface area contributed by atoms with Crippen molar-refractivity contribution in [2.45, 2.75) is 6.92 Å². The summed E-state index contributed by atoms with van der Waals surface area (Å²) in [6.07, 6.45) is 2.79. The van der Waals surface area contributed by atoms with E-state index < -0.39 is 0 Å². The number of rotatable bonds is 3. The highest BCUT2D eigenvalue weighted by Crippen LogP contribution is 2.17. The molecule has 0 radical (unpaired) electrons. The van der Waals surface area contributed by atoms with Crippen LogP contribution in [0.15, 0.2) is 35.1 Å². The van der Waals surface area contributed by atoms with E-state index in [1.165, 1.54) is 6.92 Å². The maximum Gasteiger partial charge on any atom is 0.251 e. The Hall–Kier alpha value is -2.74. The van der Waals surface area contributed by atoms with Crippen LogP contribution in [0.4, 0.5) is 0 Å². The van der Waals surface area contributed by atoms with E-state index in [2.05, 4.69) is 10.2 Å². The molecule has 0 saturated carbocycles. The zero-order chi connectivity index (χ0) is 13.0. The molecule has 0 spiro atoms. The fourth-order valence-corrected chi connectivity index (χ4v) is 1.47. The standard InChI is InChI=1S/C13H9N3O2/c1-9(17)12(13-16-15-8-18-13)6-10-3-2-4-11(5-10)7-14/h2-6,8H,1H3. The molecule has 1 aromatic heterocycles. The normalized spacial score (nSPS) is 11.0. The van der Waals surface area contributed by atoms with E-state index in [1.807, 2.05) is 6.07 Å². The summed E-state index contributed by atoms with van der Waals surface area (Å²) in [6, 6.07) is 8.95. The molecule has 18 heavy (non-hydrogen) atoms. The van der Waals surface area contributed by atoms with Gasteiger partial charge in [0.15, 0.2) is 5.78 Å². The first-order valence-corrected chi connectivity index (χ1v) is 5.20. The topological polar surface area (TPSA) is 79.8 Å². The number of ketones is 1. The van der Waals surface area contributed by atoms with E-state index in [0.29, 0.717) is 11.1 Å². The lowest BCUT2D eigenvalue weighted by Gasteiger charge is -1.99. The zero-order valence-electron chi connectivity index (χ0n) is 9.62. The Morgan fingerprint density at radius 3 is 2.94 bits per heavy atom. The van der Waals surface area contributed by atoms with Crippen molar-refractivity contribution in [2.24, 2.45) is 0 Å². The van der Waals surface area contributed by atoms with Crippen molar-refractivity contribution in [3.63, 3.8) is 0 Å². The number of carbonyl (C=O) groups is 1. The fourth-order valence-electron chi connectivity index (χ4n) is 1.47. The Balaban J connectivity index is 2.46. The number of benzene rings is 1. The van der Waals surface area contributed by atoms with Gasteiger partial charge >= 0.3 is 0 Å². The average Bonchev–Trinajstić information content (AvgIpc) is 2.89. The minimum atomic E-state index is -0.179. The van der Waals surface area contributed by atoms with Crippen molar-refractivity contribution in [3.8, 4) is 6.07 Å². The first-order valence-electron chi connectivity index (χ1n) is 5.20. The Labute approximate surface area is 103 Å². The lowest BCUT2D eigenvalue weighted by Crippen LogP contribution is -1.96. The highest BCUT2D eigenvalue weighted by molar-refractivity contribution is 6.22. The Kier molecular flexibility index (Phi) is 3.30. The minimum Gasteiger partial charge on any atom is -0.423 e. The summed E-state index contributed by atoms with van der Waals surface area (Å²) in [5, 5.41) is 16.1. The SMILES string of the molecule is CC(=O)C(=Cc1cccc(C#N)c1)c1nnco1. The van der Waals surface area contributed by atoms with Crippen LogP contribution in [-0.2, 0) is 4.79 Å². The van der Waals surface area contributed by atoms with Gasteiger partial charge in [-0.1, -0.05) is 12.1 Å². The summed E-state index contributed by atoms with van der Waals surface area (Å²) >= 11 is 0. The van der Waals surface area contributed by atoms with Gasteiger partial charge in [0.25, 0.3) is 5.89 Å². The van der Waals surface area contributed by atoms with Gasteiger partial charge in [-0.05, 0) is 30.7 Å². The maximum atomic E-state index is 11.5. The van der Waals surface area contributed by atoms with Crippen molar-refractivity contribution in [3.05, 3.63) is 47.7 Å². The molecule has 1 heterocycles. The lowest BCUT2D eigenvalue weighted by atomic mass is 10.1. The molecule has 1 aromatic carbocycles. The number of allylic oxidation sites excluding steroid dienone is 1. The Morgan fingerprint density at radius 1 is 1.50 bits per heavy atom. The predicted molar refractivity (Wildman–Crippen MR) is 64.0 cm³/mol. The molecule has 0 atom stereocenters. The molecule has 0 aliphatic heterocycles. The average molecular weight is 239 g/mol. The van der Waals surface area contributed by atoms with Gasteiger partial charge in [-0.15, -0.1) is 10.2 Å². The van der Waals surface area contributed by atoms with Crippen LogP contribution in [-0.4, -0.2) is 16.0 Å². The van der Waals surface area contributed by atoms with Crippen LogP contribution >= 0.6 is 0 Å². The van der Waals surface area contributed by atoms with Crippen molar-refractivity contribution in [1.29, 1.82) is 5.26 Å². The van der Waals surface area contributed by atoms with Crippen molar-refractivity contribution in [1.82, 2.24) is 10.2 Å². The van der Waals surface area contributed by atoms with E-state index in [9.17, 15) is 4.79 Å².